The molecule has 25 heavy (non-hydrogen) atoms. The van der Waals surface area contributed by atoms with E-state index in [0.717, 1.165) is 19.3 Å². The summed E-state index contributed by atoms with van der Waals surface area (Å²) in [5.74, 6) is 1.25. The zero-order valence-electron chi connectivity index (χ0n) is 15.2. The summed E-state index contributed by atoms with van der Waals surface area (Å²) in [6.07, 6.45) is 4.84. The van der Waals surface area contributed by atoms with E-state index < -0.39 is 0 Å². The number of rotatable bonds is 7. The molecule has 5 heteroatoms. The number of ether oxygens (including phenoxy) is 1. The smallest absolute Gasteiger partial charge is 0.249 e. The van der Waals surface area contributed by atoms with Crippen LogP contribution in [-0.2, 0) is 16.0 Å². The van der Waals surface area contributed by atoms with Gasteiger partial charge in [0.1, 0.15) is 6.10 Å². The summed E-state index contributed by atoms with van der Waals surface area (Å²) in [5, 5.41) is 3.24. The van der Waals surface area contributed by atoms with Crippen LogP contribution in [0.3, 0.4) is 0 Å². The number of carbonyl (C=O) groups excluding carboxylic acids is 1. The highest BCUT2D eigenvalue weighted by Crippen LogP contribution is 2.41. The number of hydrogen-bond acceptors (Lipinski definition) is 3. The molecule has 1 saturated heterocycles. The van der Waals surface area contributed by atoms with Crippen LogP contribution < -0.4 is 11.1 Å². The molecule has 0 bridgehead atoms. The van der Waals surface area contributed by atoms with Gasteiger partial charge in [-0.3, -0.25) is 4.79 Å². The summed E-state index contributed by atoms with van der Waals surface area (Å²) in [4.78, 5) is 12.6. The van der Waals surface area contributed by atoms with Crippen molar-refractivity contribution in [1.82, 2.24) is 5.32 Å². The topological polar surface area (TPSA) is 64.4 Å². The van der Waals surface area contributed by atoms with Crippen molar-refractivity contribution in [3.8, 4) is 0 Å². The van der Waals surface area contributed by atoms with Crippen molar-refractivity contribution in [2.45, 2.75) is 64.2 Å². The van der Waals surface area contributed by atoms with Crippen molar-refractivity contribution >= 4 is 18.3 Å². The second kappa shape index (κ2) is 9.02. The molecule has 1 amide bonds. The number of nitrogens with two attached hydrogens (primary N) is 1. The van der Waals surface area contributed by atoms with Gasteiger partial charge in [-0.15, -0.1) is 12.4 Å². The third kappa shape index (κ3) is 5.44. The SMILES string of the molecule is CC(C)Cc1ccc(C(NC(=O)[C@@H]2CC[C@H](CN)O2)C2CC2)cc1.Cl. The van der Waals surface area contributed by atoms with Crippen LogP contribution in [0.4, 0.5) is 0 Å². The molecule has 3 atom stereocenters. The molecular formula is C20H31ClN2O2. The maximum atomic E-state index is 12.6. The van der Waals surface area contributed by atoms with Crippen molar-refractivity contribution in [3.05, 3.63) is 35.4 Å². The van der Waals surface area contributed by atoms with E-state index in [0.29, 0.717) is 18.4 Å². The molecule has 1 aromatic rings. The lowest BCUT2D eigenvalue weighted by Gasteiger charge is -2.22. The second-order valence-corrected chi connectivity index (χ2v) is 7.72. The Balaban J connectivity index is 0.00000225. The first-order chi connectivity index (χ1) is 11.6. The van der Waals surface area contributed by atoms with E-state index in [4.69, 9.17) is 10.5 Å². The Hall–Kier alpha value is -1.10. The number of nitrogens with one attached hydrogen (secondary N) is 1. The summed E-state index contributed by atoms with van der Waals surface area (Å²) < 4.78 is 5.74. The molecule has 2 aliphatic rings. The van der Waals surface area contributed by atoms with Gasteiger partial charge in [0.05, 0.1) is 12.1 Å². The van der Waals surface area contributed by atoms with Gasteiger partial charge in [0.2, 0.25) is 5.91 Å². The third-order valence-electron chi connectivity index (χ3n) is 5.04. The first-order valence-electron chi connectivity index (χ1n) is 9.31. The Labute approximate surface area is 157 Å². The highest BCUT2D eigenvalue weighted by molar-refractivity contribution is 5.85. The van der Waals surface area contributed by atoms with Crippen LogP contribution in [0.5, 0.6) is 0 Å². The molecule has 0 spiro atoms. The highest BCUT2D eigenvalue weighted by Gasteiger charge is 2.36. The van der Waals surface area contributed by atoms with Gasteiger partial charge in [0.25, 0.3) is 0 Å². The van der Waals surface area contributed by atoms with Crippen LogP contribution in [0.1, 0.15) is 56.7 Å². The van der Waals surface area contributed by atoms with Gasteiger partial charge in [-0.05, 0) is 55.1 Å². The fourth-order valence-electron chi connectivity index (χ4n) is 3.55. The standard InChI is InChI=1S/C20H30N2O2.ClH/c1-13(2)11-14-3-5-15(6-4-14)19(16-7-8-16)22-20(23)18-10-9-17(12-21)24-18;/h3-6,13,16-19H,7-12,21H2,1-2H3,(H,22,23);1H/t17-,18+,19?;/m1./s1. The quantitative estimate of drug-likeness (QED) is 0.777. The maximum absolute atomic E-state index is 12.6. The molecule has 1 aliphatic carbocycles. The average Bonchev–Trinajstić information content (AvgIpc) is 3.29. The van der Waals surface area contributed by atoms with E-state index >= 15 is 0 Å². The van der Waals surface area contributed by atoms with E-state index in [1.54, 1.807) is 0 Å². The van der Waals surface area contributed by atoms with Gasteiger partial charge >= 0.3 is 0 Å². The minimum Gasteiger partial charge on any atom is -0.364 e. The molecule has 1 saturated carbocycles. The Morgan fingerprint density at radius 1 is 1.20 bits per heavy atom. The van der Waals surface area contributed by atoms with Gasteiger partial charge in [0.15, 0.2) is 0 Å². The third-order valence-corrected chi connectivity index (χ3v) is 5.04. The van der Waals surface area contributed by atoms with Gasteiger partial charge in [-0.1, -0.05) is 38.1 Å². The minimum atomic E-state index is -0.333. The minimum absolute atomic E-state index is 0. The van der Waals surface area contributed by atoms with Gasteiger partial charge in [-0.25, -0.2) is 0 Å². The van der Waals surface area contributed by atoms with Crippen molar-refractivity contribution in [3.63, 3.8) is 0 Å². The molecular weight excluding hydrogens is 336 g/mol. The first-order valence-corrected chi connectivity index (χ1v) is 9.31. The summed E-state index contributed by atoms with van der Waals surface area (Å²) in [5.41, 5.74) is 8.21. The molecule has 140 valence electrons. The predicted octanol–water partition coefficient (Wildman–Crippen LogP) is 3.38. The Morgan fingerprint density at radius 2 is 1.88 bits per heavy atom. The van der Waals surface area contributed by atoms with Crippen molar-refractivity contribution in [2.24, 2.45) is 17.6 Å². The second-order valence-electron chi connectivity index (χ2n) is 7.72. The number of carbonyl (C=O) groups is 1. The molecule has 2 fully saturated rings. The molecule has 3 rings (SSSR count). The van der Waals surface area contributed by atoms with Crippen LogP contribution in [0.2, 0.25) is 0 Å². The largest absolute Gasteiger partial charge is 0.364 e. The monoisotopic (exact) mass is 366 g/mol. The average molecular weight is 367 g/mol. The summed E-state index contributed by atoms with van der Waals surface area (Å²) in [7, 11) is 0. The van der Waals surface area contributed by atoms with Crippen LogP contribution in [0, 0.1) is 11.8 Å². The lowest BCUT2D eigenvalue weighted by molar-refractivity contribution is -0.132. The normalized spacial score (nSPS) is 24.0. The van der Waals surface area contributed by atoms with Crippen LogP contribution in [0.25, 0.3) is 0 Å². The molecule has 1 unspecified atom stereocenters. The van der Waals surface area contributed by atoms with Crippen LogP contribution >= 0.6 is 12.4 Å². The van der Waals surface area contributed by atoms with Crippen LogP contribution in [-0.4, -0.2) is 24.7 Å². The number of hydrogen-bond donors (Lipinski definition) is 2. The zero-order valence-corrected chi connectivity index (χ0v) is 16.1. The first kappa shape index (κ1) is 20.2. The van der Waals surface area contributed by atoms with Crippen molar-refractivity contribution < 1.29 is 9.53 Å². The lowest BCUT2D eigenvalue weighted by atomic mass is 9.97. The van der Waals surface area contributed by atoms with Gasteiger partial charge in [0, 0.05) is 6.54 Å². The predicted molar refractivity (Wildman–Crippen MR) is 103 cm³/mol. The van der Waals surface area contributed by atoms with Crippen molar-refractivity contribution in [1.29, 1.82) is 0 Å². The van der Waals surface area contributed by atoms with E-state index in [-0.39, 0.29) is 36.6 Å². The van der Waals surface area contributed by atoms with Gasteiger partial charge < -0.3 is 15.8 Å². The summed E-state index contributed by atoms with van der Waals surface area (Å²) >= 11 is 0. The Morgan fingerprint density at radius 3 is 2.40 bits per heavy atom. The maximum Gasteiger partial charge on any atom is 0.249 e. The molecule has 1 heterocycles. The summed E-state index contributed by atoms with van der Waals surface area (Å²) in [6, 6.07) is 8.88. The fraction of sp³-hybridized carbons (Fsp3) is 0.650. The fourth-order valence-corrected chi connectivity index (χ4v) is 3.55. The van der Waals surface area contributed by atoms with Crippen LogP contribution in [0.15, 0.2) is 24.3 Å². The molecule has 0 aromatic heterocycles. The van der Waals surface area contributed by atoms with E-state index in [2.05, 4.69) is 43.4 Å². The molecule has 1 aromatic carbocycles. The van der Waals surface area contributed by atoms with E-state index in [1.165, 1.54) is 24.0 Å². The highest BCUT2D eigenvalue weighted by atomic mass is 35.5. The number of amides is 1. The molecule has 3 N–H and O–H groups in total. The van der Waals surface area contributed by atoms with Gasteiger partial charge in [-0.2, -0.15) is 0 Å². The molecule has 0 radical (unpaired) electrons. The number of halogens is 1. The summed E-state index contributed by atoms with van der Waals surface area (Å²) in [6.45, 7) is 4.96. The Kier molecular flexibility index (Phi) is 7.29. The zero-order chi connectivity index (χ0) is 17.1. The lowest BCUT2D eigenvalue weighted by Crippen LogP contribution is -2.38. The van der Waals surface area contributed by atoms with E-state index in [1.807, 2.05) is 0 Å². The number of benzene rings is 1. The van der Waals surface area contributed by atoms with Crippen molar-refractivity contribution in [2.75, 3.05) is 6.54 Å². The van der Waals surface area contributed by atoms with E-state index in [9.17, 15) is 4.79 Å². The Bertz CT molecular complexity index is 557. The molecule has 1 aliphatic heterocycles. The molecule has 4 nitrogen and oxygen atoms in total.